The van der Waals surface area contributed by atoms with E-state index in [-0.39, 0.29) is 28.7 Å². The van der Waals surface area contributed by atoms with Crippen molar-refractivity contribution < 1.29 is 18.0 Å². The molecule has 0 amide bonds. The summed E-state index contributed by atoms with van der Waals surface area (Å²) in [5.41, 5.74) is -0.730. The number of pyridine rings is 1. The Hall–Kier alpha value is -3.32. The highest BCUT2D eigenvalue weighted by molar-refractivity contribution is 6.30. The van der Waals surface area contributed by atoms with E-state index in [2.05, 4.69) is 0 Å². The molecule has 8 heteroatoms. The Balaban J connectivity index is 1.94. The van der Waals surface area contributed by atoms with Gasteiger partial charge in [0.15, 0.2) is 0 Å². The first kappa shape index (κ1) is 18.7. The highest BCUT2D eigenvalue weighted by Crippen LogP contribution is 2.39. The maximum atomic E-state index is 13.9. The van der Waals surface area contributed by atoms with Gasteiger partial charge < -0.3 is 4.57 Å². The number of aromatic nitrogens is 2. The summed E-state index contributed by atoms with van der Waals surface area (Å²) in [4.78, 5) is 25.9. The van der Waals surface area contributed by atoms with Crippen molar-refractivity contribution in [1.82, 2.24) is 9.13 Å². The number of carbonyl (C=O) groups excluding carboxylic acids is 1. The number of rotatable bonds is 2. The molecule has 0 N–H and O–H groups in total. The van der Waals surface area contributed by atoms with E-state index in [1.54, 1.807) is 36.4 Å². The van der Waals surface area contributed by atoms with Crippen molar-refractivity contribution in [3.63, 3.8) is 0 Å². The van der Waals surface area contributed by atoms with E-state index >= 15 is 0 Å². The van der Waals surface area contributed by atoms with Crippen LogP contribution in [0, 0.1) is 0 Å². The zero-order valence-corrected chi connectivity index (χ0v) is 16.0. The molecule has 0 saturated heterocycles. The van der Waals surface area contributed by atoms with E-state index in [0.29, 0.717) is 16.3 Å². The largest absolute Gasteiger partial charge is 0.418 e. The van der Waals surface area contributed by atoms with Crippen molar-refractivity contribution in [3.8, 4) is 11.4 Å². The highest BCUT2D eigenvalue weighted by atomic mass is 35.5. The van der Waals surface area contributed by atoms with Crippen LogP contribution in [-0.4, -0.2) is 15.0 Å². The molecule has 0 aliphatic carbocycles. The van der Waals surface area contributed by atoms with Crippen LogP contribution in [0.2, 0.25) is 5.02 Å². The smallest absolute Gasteiger partial charge is 0.333 e. The summed E-state index contributed by atoms with van der Waals surface area (Å²) < 4.78 is 44.3. The summed E-state index contributed by atoms with van der Waals surface area (Å²) >= 11 is 5.94. The third-order valence-electron chi connectivity index (χ3n) is 5.27. The van der Waals surface area contributed by atoms with Gasteiger partial charge >= 0.3 is 6.18 Å². The molecular weight excluding hydrogens is 417 g/mol. The van der Waals surface area contributed by atoms with E-state index in [1.165, 1.54) is 27.5 Å². The molecule has 150 valence electrons. The second-order valence-electron chi connectivity index (χ2n) is 7.03. The molecule has 4 aromatic rings. The maximum absolute atomic E-state index is 13.9. The topological polar surface area (TPSA) is 44.0 Å². The Bertz CT molecular complexity index is 1400. The van der Waals surface area contributed by atoms with Gasteiger partial charge in [0, 0.05) is 23.2 Å². The van der Waals surface area contributed by atoms with Crippen molar-refractivity contribution in [2.45, 2.75) is 12.7 Å². The van der Waals surface area contributed by atoms with Crippen molar-refractivity contribution >= 4 is 28.4 Å². The van der Waals surface area contributed by atoms with Crippen LogP contribution in [-0.2, 0) is 12.7 Å². The molecule has 2 aromatic carbocycles. The zero-order valence-electron chi connectivity index (χ0n) is 15.2. The lowest BCUT2D eigenvalue weighted by molar-refractivity contribution is -0.136. The SMILES string of the molecule is O=C1c2c(n(Cc3ccc(Cl)cc3)c3c(C(F)(F)F)cccc3c2=O)-c2cccn21. The molecule has 0 spiro atoms. The van der Waals surface area contributed by atoms with Crippen LogP contribution in [0.3, 0.4) is 0 Å². The summed E-state index contributed by atoms with van der Waals surface area (Å²) in [5, 5.41) is 0.352. The molecule has 2 aromatic heterocycles. The molecule has 0 atom stereocenters. The number of alkyl halides is 3. The molecular formula is C22H12ClF3N2O2. The van der Waals surface area contributed by atoms with Crippen LogP contribution in [0.4, 0.5) is 13.2 Å². The minimum Gasteiger partial charge on any atom is -0.333 e. The molecule has 5 rings (SSSR count). The lowest BCUT2D eigenvalue weighted by Gasteiger charge is -2.20. The zero-order chi connectivity index (χ0) is 21.2. The van der Waals surface area contributed by atoms with Crippen LogP contribution >= 0.6 is 11.6 Å². The number of carbonyl (C=O) groups is 1. The van der Waals surface area contributed by atoms with Gasteiger partial charge in [0.1, 0.15) is 5.56 Å². The second kappa shape index (κ2) is 6.34. The van der Waals surface area contributed by atoms with Gasteiger partial charge in [-0.2, -0.15) is 13.2 Å². The molecule has 3 heterocycles. The van der Waals surface area contributed by atoms with Crippen LogP contribution in [0.25, 0.3) is 22.3 Å². The van der Waals surface area contributed by atoms with Crippen LogP contribution in [0.15, 0.2) is 65.6 Å². The van der Waals surface area contributed by atoms with Crippen molar-refractivity contribution in [3.05, 3.63) is 92.7 Å². The van der Waals surface area contributed by atoms with Crippen LogP contribution < -0.4 is 5.43 Å². The predicted molar refractivity (Wildman–Crippen MR) is 107 cm³/mol. The molecule has 1 aliphatic rings. The lowest BCUT2D eigenvalue weighted by atomic mass is 10.0. The number of benzene rings is 2. The summed E-state index contributed by atoms with van der Waals surface area (Å²) in [7, 11) is 0. The lowest BCUT2D eigenvalue weighted by Crippen LogP contribution is -2.22. The van der Waals surface area contributed by atoms with Gasteiger partial charge in [-0.15, -0.1) is 0 Å². The third-order valence-corrected chi connectivity index (χ3v) is 5.52. The Kier molecular flexibility index (Phi) is 3.95. The van der Waals surface area contributed by atoms with Crippen LogP contribution in [0.1, 0.15) is 21.5 Å². The molecule has 0 radical (unpaired) electrons. The predicted octanol–water partition coefficient (Wildman–Crippen LogP) is 5.19. The first-order valence-corrected chi connectivity index (χ1v) is 9.39. The monoisotopic (exact) mass is 428 g/mol. The number of nitrogens with zero attached hydrogens (tertiary/aromatic N) is 2. The van der Waals surface area contributed by atoms with E-state index in [0.717, 1.165) is 6.07 Å². The first-order valence-electron chi connectivity index (χ1n) is 9.01. The Morgan fingerprint density at radius 3 is 2.37 bits per heavy atom. The Labute approximate surface area is 172 Å². The third kappa shape index (κ3) is 2.62. The van der Waals surface area contributed by atoms with Crippen LogP contribution in [0.5, 0.6) is 0 Å². The second-order valence-corrected chi connectivity index (χ2v) is 7.47. The molecule has 30 heavy (non-hydrogen) atoms. The van der Waals surface area contributed by atoms with E-state index in [9.17, 15) is 22.8 Å². The quantitative estimate of drug-likeness (QED) is 0.388. The summed E-state index contributed by atoms with van der Waals surface area (Å²) in [6.45, 7) is 0.0296. The number of hydrogen-bond acceptors (Lipinski definition) is 2. The fraction of sp³-hybridized carbons (Fsp3) is 0.0909. The highest BCUT2D eigenvalue weighted by Gasteiger charge is 2.38. The summed E-state index contributed by atoms with van der Waals surface area (Å²) in [5.74, 6) is -0.542. The maximum Gasteiger partial charge on any atom is 0.418 e. The number of para-hydroxylation sites is 1. The Morgan fingerprint density at radius 1 is 0.933 bits per heavy atom. The molecule has 0 fully saturated rings. The van der Waals surface area contributed by atoms with Gasteiger partial charge in [-0.05, 0) is 42.0 Å². The molecule has 0 bridgehead atoms. The molecule has 1 aliphatic heterocycles. The van der Waals surface area contributed by atoms with E-state index < -0.39 is 23.1 Å². The number of hydrogen-bond donors (Lipinski definition) is 0. The standard InChI is InChI=1S/C22H12ClF3N2O2/c23-13-8-6-12(7-9-13)11-28-18-14(3-1-4-15(18)22(24,25)26)20(29)17-19(28)16-5-2-10-27(16)21(17)30/h1-10H,11H2. The van der Waals surface area contributed by atoms with Crippen molar-refractivity contribution in [1.29, 1.82) is 0 Å². The van der Waals surface area contributed by atoms with Gasteiger partial charge in [-0.1, -0.05) is 29.8 Å². The summed E-state index contributed by atoms with van der Waals surface area (Å²) in [6, 6.07) is 13.4. The van der Waals surface area contributed by atoms with Crippen molar-refractivity contribution in [2.24, 2.45) is 0 Å². The first-order chi connectivity index (χ1) is 14.3. The molecule has 0 unspecified atom stereocenters. The molecule has 4 nitrogen and oxygen atoms in total. The van der Waals surface area contributed by atoms with Gasteiger partial charge in [-0.25, -0.2) is 0 Å². The molecule has 0 saturated carbocycles. The fourth-order valence-electron chi connectivity index (χ4n) is 4.00. The minimum atomic E-state index is -4.67. The van der Waals surface area contributed by atoms with Gasteiger partial charge in [0.05, 0.1) is 22.5 Å². The van der Waals surface area contributed by atoms with Gasteiger partial charge in [0.25, 0.3) is 5.91 Å². The average Bonchev–Trinajstić information content (AvgIpc) is 3.28. The minimum absolute atomic E-state index is 0.0296. The number of halogens is 4. The summed E-state index contributed by atoms with van der Waals surface area (Å²) in [6.07, 6.45) is -3.17. The Morgan fingerprint density at radius 2 is 1.67 bits per heavy atom. The van der Waals surface area contributed by atoms with E-state index in [4.69, 9.17) is 11.6 Å². The van der Waals surface area contributed by atoms with E-state index in [1.807, 2.05) is 0 Å². The number of fused-ring (bicyclic) bond motifs is 4. The average molecular weight is 429 g/mol. The van der Waals surface area contributed by atoms with Gasteiger partial charge in [-0.3, -0.25) is 14.2 Å². The normalized spacial score (nSPS) is 13.0. The van der Waals surface area contributed by atoms with Crippen molar-refractivity contribution in [2.75, 3.05) is 0 Å². The van der Waals surface area contributed by atoms with Gasteiger partial charge in [0.2, 0.25) is 5.43 Å². The fourth-order valence-corrected chi connectivity index (χ4v) is 4.13.